The number of nitrogen functional groups attached to an aromatic ring is 1. The lowest BCUT2D eigenvalue weighted by molar-refractivity contribution is 0.948. The predicted octanol–water partition coefficient (Wildman–Crippen LogP) is 2.97. The van der Waals surface area contributed by atoms with Crippen molar-refractivity contribution in [3.63, 3.8) is 0 Å². The van der Waals surface area contributed by atoms with Crippen LogP contribution in [-0.4, -0.2) is 15.0 Å². The molecular formula is C13H13N5S. The maximum atomic E-state index is 5.76. The van der Waals surface area contributed by atoms with Gasteiger partial charge >= 0.3 is 0 Å². The summed E-state index contributed by atoms with van der Waals surface area (Å²) >= 11 is 1.61. The minimum atomic E-state index is 0.480. The van der Waals surface area contributed by atoms with Crippen LogP contribution < -0.4 is 11.1 Å². The normalized spacial score (nSPS) is 10.8. The summed E-state index contributed by atoms with van der Waals surface area (Å²) in [6.07, 6.45) is 0.758. The van der Waals surface area contributed by atoms with Gasteiger partial charge in [0.05, 0.1) is 15.7 Å². The minimum absolute atomic E-state index is 0.480. The molecule has 0 saturated heterocycles. The van der Waals surface area contributed by atoms with Crippen LogP contribution in [0, 0.1) is 0 Å². The number of thiazole rings is 1. The first-order chi connectivity index (χ1) is 9.24. The lowest BCUT2D eigenvalue weighted by atomic mass is 10.3. The zero-order valence-electron chi connectivity index (χ0n) is 10.4. The molecule has 0 spiro atoms. The van der Waals surface area contributed by atoms with E-state index in [1.54, 1.807) is 17.4 Å². The molecule has 6 heteroatoms. The molecule has 2 heterocycles. The van der Waals surface area contributed by atoms with E-state index in [0.29, 0.717) is 11.6 Å². The molecule has 0 unspecified atom stereocenters. The highest BCUT2D eigenvalue weighted by molar-refractivity contribution is 7.16. The summed E-state index contributed by atoms with van der Waals surface area (Å²) < 4.78 is 1.14. The molecule has 5 nitrogen and oxygen atoms in total. The number of aromatic nitrogens is 3. The van der Waals surface area contributed by atoms with Gasteiger partial charge in [0.2, 0.25) is 0 Å². The topological polar surface area (TPSA) is 76.7 Å². The molecule has 1 aromatic carbocycles. The van der Waals surface area contributed by atoms with Crippen molar-refractivity contribution in [1.82, 2.24) is 15.0 Å². The maximum Gasteiger partial charge on any atom is 0.136 e. The van der Waals surface area contributed by atoms with Crippen molar-refractivity contribution in [3.05, 3.63) is 35.6 Å². The smallest absolute Gasteiger partial charge is 0.136 e. The zero-order chi connectivity index (χ0) is 13.2. The first kappa shape index (κ1) is 11.9. The van der Waals surface area contributed by atoms with Crippen molar-refractivity contribution in [2.24, 2.45) is 0 Å². The van der Waals surface area contributed by atoms with Gasteiger partial charge < -0.3 is 11.1 Å². The molecule has 0 saturated carbocycles. The Labute approximate surface area is 114 Å². The van der Waals surface area contributed by atoms with Crippen molar-refractivity contribution >= 4 is 38.9 Å². The lowest BCUT2D eigenvalue weighted by Gasteiger charge is -2.07. The first-order valence-corrected chi connectivity index (χ1v) is 6.86. The quantitative estimate of drug-likeness (QED) is 0.765. The second-order valence-electron chi connectivity index (χ2n) is 4.11. The molecule has 0 radical (unpaired) electrons. The number of nitrogens with zero attached hydrogens (tertiary/aromatic N) is 3. The molecule has 2 aromatic heterocycles. The summed E-state index contributed by atoms with van der Waals surface area (Å²) in [5.74, 6) is 1.93. The van der Waals surface area contributed by atoms with E-state index in [9.17, 15) is 0 Å². The van der Waals surface area contributed by atoms with Crippen LogP contribution in [-0.2, 0) is 6.42 Å². The number of rotatable bonds is 3. The highest BCUT2D eigenvalue weighted by atomic mass is 32.1. The molecule has 0 aliphatic rings. The van der Waals surface area contributed by atoms with Crippen molar-refractivity contribution in [2.75, 3.05) is 11.1 Å². The van der Waals surface area contributed by atoms with Crippen LogP contribution in [0.4, 0.5) is 17.3 Å². The number of fused-ring (bicyclic) bond motifs is 1. The predicted molar refractivity (Wildman–Crippen MR) is 78.7 cm³/mol. The Morgan fingerprint density at radius 1 is 1.26 bits per heavy atom. The third kappa shape index (κ3) is 2.48. The Morgan fingerprint density at radius 3 is 3.00 bits per heavy atom. The fourth-order valence-electron chi connectivity index (χ4n) is 1.82. The van der Waals surface area contributed by atoms with E-state index in [2.05, 4.69) is 26.3 Å². The number of benzene rings is 1. The van der Waals surface area contributed by atoms with E-state index in [-0.39, 0.29) is 0 Å². The van der Waals surface area contributed by atoms with E-state index in [1.165, 1.54) is 0 Å². The number of hydrogen-bond acceptors (Lipinski definition) is 6. The Hall–Kier alpha value is -2.21. The van der Waals surface area contributed by atoms with Crippen molar-refractivity contribution in [1.29, 1.82) is 0 Å². The Balaban J connectivity index is 1.93. The second kappa shape index (κ2) is 4.81. The zero-order valence-corrected chi connectivity index (χ0v) is 11.2. The van der Waals surface area contributed by atoms with E-state index in [0.717, 1.165) is 28.1 Å². The van der Waals surface area contributed by atoms with Gasteiger partial charge in [0.25, 0.3) is 0 Å². The first-order valence-electron chi connectivity index (χ1n) is 5.98. The molecule has 19 heavy (non-hydrogen) atoms. The van der Waals surface area contributed by atoms with Gasteiger partial charge in [-0.1, -0.05) is 6.92 Å². The largest absolute Gasteiger partial charge is 0.384 e. The molecule has 3 N–H and O–H groups in total. The standard InChI is InChI=1S/C13H13N5S/c1-2-12-17-11(14)6-13(18-12)16-8-3-4-9-10(5-8)19-7-15-9/h3-7H,2H2,1H3,(H3,14,16,17,18). The molecule has 0 aliphatic carbocycles. The van der Waals surface area contributed by atoms with Crippen molar-refractivity contribution in [3.8, 4) is 0 Å². The summed E-state index contributed by atoms with van der Waals surface area (Å²) in [4.78, 5) is 12.8. The number of anilines is 3. The monoisotopic (exact) mass is 271 g/mol. The highest BCUT2D eigenvalue weighted by Crippen LogP contribution is 2.24. The molecule has 0 bridgehead atoms. The van der Waals surface area contributed by atoms with Gasteiger partial charge in [-0.3, -0.25) is 0 Å². The molecule has 3 aromatic rings. The number of nitrogens with two attached hydrogens (primary N) is 1. The van der Waals surface area contributed by atoms with Gasteiger partial charge in [0, 0.05) is 18.2 Å². The molecular weight excluding hydrogens is 258 g/mol. The Bertz CT molecular complexity index is 722. The van der Waals surface area contributed by atoms with Gasteiger partial charge in [-0.2, -0.15) is 0 Å². The van der Waals surface area contributed by atoms with Crippen LogP contribution in [0.5, 0.6) is 0 Å². The molecule has 3 rings (SSSR count). The summed E-state index contributed by atoms with van der Waals surface area (Å²) in [5, 5.41) is 3.25. The number of nitrogens with one attached hydrogen (secondary N) is 1. The SMILES string of the molecule is CCc1nc(N)cc(Nc2ccc3ncsc3c2)n1. The van der Waals surface area contributed by atoms with Gasteiger partial charge in [-0.15, -0.1) is 11.3 Å². The maximum absolute atomic E-state index is 5.76. The third-order valence-electron chi connectivity index (χ3n) is 2.71. The molecule has 0 amide bonds. The van der Waals surface area contributed by atoms with E-state index in [4.69, 9.17) is 5.73 Å². The average Bonchev–Trinajstić information content (AvgIpc) is 2.85. The number of hydrogen-bond donors (Lipinski definition) is 2. The average molecular weight is 271 g/mol. The number of aryl methyl sites for hydroxylation is 1. The van der Waals surface area contributed by atoms with E-state index < -0.39 is 0 Å². The summed E-state index contributed by atoms with van der Waals surface area (Å²) in [7, 11) is 0. The van der Waals surface area contributed by atoms with Crippen LogP contribution in [0.15, 0.2) is 29.8 Å². The minimum Gasteiger partial charge on any atom is -0.384 e. The Morgan fingerprint density at radius 2 is 2.16 bits per heavy atom. The van der Waals surface area contributed by atoms with E-state index >= 15 is 0 Å². The van der Waals surface area contributed by atoms with Crippen LogP contribution in [0.2, 0.25) is 0 Å². The lowest BCUT2D eigenvalue weighted by Crippen LogP contribution is -2.02. The van der Waals surface area contributed by atoms with Gasteiger partial charge in [-0.05, 0) is 18.2 Å². The summed E-state index contributed by atoms with van der Waals surface area (Å²) in [5.41, 5.74) is 9.58. The van der Waals surface area contributed by atoms with Crippen LogP contribution in [0.25, 0.3) is 10.2 Å². The fraction of sp³-hybridized carbons (Fsp3) is 0.154. The molecule has 0 atom stereocenters. The van der Waals surface area contributed by atoms with E-state index in [1.807, 2.05) is 24.6 Å². The van der Waals surface area contributed by atoms with Crippen LogP contribution >= 0.6 is 11.3 Å². The molecule has 0 fully saturated rings. The van der Waals surface area contributed by atoms with Crippen LogP contribution in [0.3, 0.4) is 0 Å². The summed E-state index contributed by atoms with van der Waals surface area (Å²) in [6.45, 7) is 2.00. The van der Waals surface area contributed by atoms with Gasteiger partial charge in [0.1, 0.15) is 17.5 Å². The second-order valence-corrected chi connectivity index (χ2v) is 4.99. The summed E-state index contributed by atoms with van der Waals surface area (Å²) in [6, 6.07) is 7.75. The van der Waals surface area contributed by atoms with Crippen molar-refractivity contribution in [2.45, 2.75) is 13.3 Å². The molecule has 96 valence electrons. The Kier molecular flexibility index (Phi) is 3.00. The third-order valence-corrected chi connectivity index (χ3v) is 3.50. The fourth-order valence-corrected chi connectivity index (χ4v) is 2.54. The highest BCUT2D eigenvalue weighted by Gasteiger charge is 2.03. The van der Waals surface area contributed by atoms with Gasteiger partial charge in [-0.25, -0.2) is 15.0 Å². The molecule has 0 aliphatic heterocycles. The van der Waals surface area contributed by atoms with Gasteiger partial charge in [0.15, 0.2) is 0 Å². The van der Waals surface area contributed by atoms with Crippen LogP contribution in [0.1, 0.15) is 12.7 Å². The van der Waals surface area contributed by atoms with Crippen molar-refractivity contribution < 1.29 is 0 Å².